The summed E-state index contributed by atoms with van der Waals surface area (Å²) in [7, 11) is 0. The highest BCUT2D eigenvalue weighted by Gasteiger charge is 2.20. The van der Waals surface area contributed by atoms with Crippen LogP contribution in [-0.4, -0.2) is 42.0 Å². The minimum Gasteiger partial charge on any atom is -0.441 e. The van der Waals surface area contributed by atoms with E-state index < -0.39 is 0 Å². The third kappa shape index (κ3) is 4.94. The summed E-state index contributed by atoms with van der Waals surface area (Å²) in [4.78, 5) is 18.8. The average Bonchev–Trinajstić information content (AvgIpc) is 3.02. The number of halogens is 2. The lowest BCUT2D eigenvalue weighted by atomic mass is 10.2. The van der Waals surface area contributed by atoms with Crippen LogP contribution < -0.4 is 5.32 Å². The average molecular weight is 378 g/mol. The predicted molar refractivity (Wildman–Crippen MR) is 96.8 cm³/mol. The van der Waals surface area contributed by atoms with Gasteiger partial charge in [0.2, 0.25) is 11.8 Å². The summed E-state index contributed by atoms with van der Waals surface area (Å²) in [5.74, 6) is 1.47. The van der Waals surface area contributed by atoms with Gasteiger partial charge in [-0.05, 0) is 31.3 Å². The Hall–Kier alpha value is -1.08. The van der Waals surface area contributed by atoms with Crippen molar-refractivity contribution in [3.05, 3.63) is 28.3 Å². The standard InChI is InChI=1S/C15H19N3O2S.2ClH/c1-11-13(17-15(20-11)12-3-8-21-10-12)9-14(19)18-6-2-4-16-5-7-18;;/h3,8,10,16H,2,4-7,9H2,1H3;2*1H. The van der Waals surface area contributed by atoms with Crippen LogP contribution in [0.2, 0.25) is 0 Å². The lowest BCUT2D eigenvalue weighted by molar-refractivity contribution is -0.130. The summed E-state index contributed by atoms with van der Waals surface area (Å²) >= 11 is 1.61. The first-order chi connectivity index (χ1) is 10.2. The van der Waals surface area contributed by atoms with E-state index >= 15 is 0 Å². The first kappa shape index (κ1) is 20.0. The number of rotatable bonds is 3. The summed E-state index contributed by atoms with van der Waals surface area (Å²) in [6.45, 7) is 5.31. The van der Waals surface area contributed by atoms with Crippen LogP contribution in [0, 0.1) is 6.92 Å². The summed E-state index contributed by atoms with van der Waals surface area (Å²) in [6.07, 6.45) is 1.32. The molecule has 1 amide bonds. The second-order valence-electron chi connectivity index (χ2n) is 5.20. The van der Waals surface area contributed by atoms with Crippen molar-refractivity contribution in [2.45, 2.75) is 19.8 Å². The first-order valence-electron chi connectivity index (χ1n) is 7.21. The number of thiophene rings is 1. The molecule has 0 aromatic carbocycles. The fourth-order valence-electron chi connectivity index (χ4n) is 2.45. The Kier molecular flexibility index (Phi) is 8.05. The Balaban J connectivity index is 0.00000132. The molecule has 1 saturated heterocycles. The minimum absolute atomic E-state index is 0. The van der Waals surface area contributed by atoms with Gasteiger partial charge in [0.15, 0.2) is 0 Å². The van der Waals surface area contributed by atoms with E-state index in [0.29, 0.717) is 12.3 Å². The van der Waals surface area contributed by atoms with Crippen LogP contribution in [0.5, 0.6) is 0 Å². The van der Waals surface area contributed by atoms with Gasteiger partial charge >= 0.3 is 0 Å². The van der Waals surface area contributed by atoms with Crippen molar-refractivity contribution in [1.29, 1.82) is 0 Å². The zero-order valence-electron chi connectivity index (χ0n) is 12.9. The molecule has 1 aliphatic heterocycles. The fraction of sp³-hybridized carbons (Fsp3) is 0.467. The van der Waals surface area contributed by atoms with Gasteiger partial charge in [0, 0.05) is 30.6 Å². The molecule has 3 heterocycles. The van der Waals surface area contributed by atoms with Gasteiger partial charge in [-0.3, -0.25) is 4.79 Å². The van der Waals surface area contributed by atoms with E-state index in [0.717, 1.165) is 49.6 Å². The maximum Gasteiger partial charge on any atom is 0.228 e. The van der Waals surface area contributed by atoms with E-state index in [1.54, 1.807) is 11.3 Å². The van der Waals surface area contributed by atoms with E-state index in [1.807, 2.05) is 28.7 Å². The molecule has 0 saturated carbocycles. The number of amides is 1. The topological polar surface area (TPSA) is 58.4 Å². The number of aryl methyl sites for hydroxylation is 1. The third-order valence-electron chi connectivity index (χ3n) is 3.67. The van der Waals surface area contributed by atoms with Gasteiger partial charge in [0.25, 0.3) is 0 Å². The molecule has 2 aromatic rings. The van der Waals surface area contributed by atoms with Crippen LogP contribution in [0.25, 0.3) is 11.5 Å². The second kappa shape index (κ2) is 9.27. The molecular weight excluding hydrogens is 357 g/mol. The summed E-state index contributed by atoms with van der Waals surface area (Å²) < 4.78 is 5.68. The number of hydrogen-bond donors (Lipinski definition) is 1. The maximum absolute atomic E-state index is 12.4. The number of aromatic nitrogens is 1. The van der Waals surface area contributed by atoms with Crippen molar-refractivity contribution < 1.29 is 9.21 Å². The molecule has 8 heteroatoms. The lowest BCUT2D eigenvalue weighted by Gasteiger charge is -2.19. The van der Waals surface area contributed by atoms with Crippen LogP contribution in [0.3, 0.4) is 0 Å². The fourth-order valence-corrected chi connectivity index (χ4v) is 3.08. The molecule has 128 valence electrons. The zero-order valence-corrected chi connectivity index (χ0v) is 15.4. The number of nitrogens with one attached hydrogen (secondary N) is 1. The molecule has 0 aliphatic carbocycles. The molecule has 0 atom stereocenters. The van der Waals surface area contributed by atoms with Crippen LogP contribution in [-0.2, 0) is 11.2 Å². The monoisotopic (exact) mass is 377 g/mol. The Morgan fingerprint density at radius 1 is 1.39 bits per heavy atom. The van der Waals surface area contributed by atoms with E-state index in [-0.39, 0.29) is 30.7 Å². The number of carbonyl (C=O) groups excluding carboxylic acids is 1. The van der Waals surface area contributed by atoms with Crippen LogP contribution >= 0.6 is 36.2 Å². The highest BCUT2D eigenvalue weighted by atomic mass is 35.5. The van der Waals surface area contributed by atoms with Gasteiger partial charge in [-0.1, -0.05) is 0 Å². The SMILES string of the molecule is Cc1oc(-c2ccsc2)nc1CC(=O)N1CCCNCC1.Cl.Cl. The van der Waals surface area contributed by atoms with Crippen molar-refractivity contribution in [3.63, 3.8) is 0 Å². The first-order valence-corrected chi connectivity index (χ1v) is 8.15. The van der Waals surface area contributed by atoms with E-state index in [2.05, 4.69) is 10.3 Å². The largest absolute Gasteiger partial charge is 0.441 e. The number of carbonyl (C=O) groups is 1. The third-order valence-corrected chi connectivity index (χ3v) is 4.36. The molecule has 0 spiro atoms. The summed E-state index contributed by atoms with van der Waals surface area (Å²) in [6, 6.07) is 1.97. The Morgan fingerprint density at radius 3 is 2.96 bits per heavy atom. The van der Waals surface area contributed by atoms with Gasteiger partial charge in [-0.15, -0.1) is 24.8 Å². The maximum atomic E-state index is 12.4. The van der Waals surface area contributed by atoms with Crippen LogP contribution in [0.1, 0.15) is 17.9 Å². The lowest BCUT2D eigenvalue weighted by Crippen LogP contribution is -2.35. The molecule has 23 heavy (non-hydrogen) atoms. The molecule has 5 nitrogen and oxygen atoms in total. The van der Waals surface area contributed by atoms with E-state index in [4.69, 9.17) is 4.42 Å². The van der Waals surface area contributed by atoms with Crippen LogP contribution in [0.4, 0.5) is 0 Å². The Labute approximate surface area is 152 Å². The molecule has 0 bridgehead atoms. The second-order valence-corrected chi connectivity index (χ2v) is 5.98. The molecule has 3 rings (SSSR count). The minimum atomic E-state index is 0. The summed E-state index contributed by atoms with van der Waals surface area (Å²) in [5.41, 5.74) is 1.72. The Bertz CT molecular complexity index is 608. The van der Waals surface area contributed by atoms with E-state index in [9.17, 15) is 4.79 Å². The zero-order chi connectivity index (χ0) is 14.7. The predicted octanol–water partition coefficient (Wildman–Crippen LogP) is 2.92. The molecule has 0 unspecified atom stereocenters. The molecule has 0 radical (unpaired) electrons. The van der Waals surface area contributed by atoms with Gasteiger partial charge in [0.05, 0.1) is 12.1 Å². The van der Waals surface area contributed by atoms with Gasteiger partial charge < -0.3 is 14.6 Å². The summed E-state index contributed by atoms with van der Waals surface area (Å²) in [5, 5.41) is 7.29. The molecule has 1 fully saturated rings. The van der Waals surface area contributed by atoms with Crippen molar-refractivity contribution in [2.24, 2.45) is 0 Å². The van der Waals surface area contributed by atoms with Gasteiger partial charge in [-0.2, -0.15) is 11.3 Å². The normalized spacial score (nSPS) is 14.6. The molecule has 2 aromatic heterocycles. The highest BCUT2D eigenvalue weighted by Crippen LogP contribution is 2.24. The Morgan fingerprint density at radius 2 is 2.22 bits per heavy atom. The molecule has 1 N–H and O–H groups in total. The molecular formula is C15H21Cl2N3O2S. The molecule has 1 aliphatic rings. The smallest absolute Gasteiger partial charge is 0.228 e. The van der Waals surface area contributed by atoms with Crippen molar-refractivity contribution in [3.8, 4) is 11.5 Å². The van der Waals surface area contributed by atoms with Gasteiger partial charge in [0.1, 0.15) is 5.76 Å². The van der Waals surface area contributed by atoms with Crippen molar-refractivity contribution in [1.82, 2.24) is 15.2 Å². The van der Waals surface area contributed by atoms with Crippen molar-refractivity contribution >= 4 is 42.1 Å². The van der Waals surface area contributed by atoms with Crippen LogP contribution in [0.15, 0.2) is 21.2 Å². The highest BCUT2D eigenvalue weighted by molar-refractivity contribution is 7.08. The number of oxazole rings is 1. The number of hydrogen-bond acceptors (Lipinski definition) is 5. The van der Waals surface area contributed by atoms with Crippen molar-refractivity contribution in [2.75, 3.05) is 26.2 Å². The quantitative estimate of drug-likeness (QED) is 0.892. The van der Waals surface area contributed by atoms with Gasteiger partial charge in [-0.25, -0.2) is 4.98 Å². The van der Waals surface area contributed by atoms with E-state index in [1.165, 1.54) is 0 Å². The number of nitrogens with zero attached hydrogens (tertiary/aromatic N) is 2.